The first-order valence-corrected chi connectivity index (χ1v) is 5.83. The lowest BCUT2D eigenvalue weighted by Crippen LogP contribution is -2.30. The number of benzene rings is 1. The summed E-state index contributed by atoms with van der Waals surface area (Å²) in [5, 5.41) is 19.7. The molecule has 0 atom stereocenters. The van der Waals surface area contributed by atoms with Gasteiger partial charge >= 0.3 is 11.7 Å². The molecule has 0 radical (unpaired) electrons. The molecule has 98 valence electrons. The van der Waals surface area contributed by atoms with E-state index in [-0.39, 0.29) is 18.0 Å². The summed E-state index contributed by atoms with van der Waals surface area (Å²) in [4.78, 5) is 21.1. The molecular weight excluding hydrogens is 306 g/mol. The zero-order valence-electron chi connectivity index (χ0n) is 9.84. The predicted molar refractivity (Wildman–Crippen MR) is 67.7 cm³/mol. The van der Waals surface area contributed by atoms with E-state index >= 15 is 0 Å². The summed E-state index contributed by atoms with van der Waals surface area (Å²) in [7, 11) is 0. The third-order valence-corrected chi connectivity index (χ3v) is 2.78. The number of rotatable bonds is 5. The third-order valence-electron chi connectivity index (χ3n) is 2.29. The van der Waals surface area contributed by atoms with Gasteiger partial charge in [0.25, 0.3) is 0 Å². The van der Waals surface area contributed by atoms with Crippen LogP contribution < -0.4 is 4.74 Å². The molecule has 6 nitrogen and oxygen atoms in total. The van der Waals surface area contributed by atoms with E-state index in [1.807, 2.05) is 0 Å². The molecule has 0 fully saturated rings. The number of hydrogen-bond donors (Lipinski definition) is 1. The number of hydrogen-bond acceptors (Lipinski definition) is 4. The van der Waals surface area contributed by atoms with Gasteiger partial charge in [0.05, 0.1) is 10.3 Å². The smallest absolute Gasteiger partial charge is 0.312 e. The molecule has 0 unspecified atom stereocenters. The zero-order chi connectivity index (χ0) is 13.9. The number of carboxylic acid groups (broad SMARTS) is 1. The molecule has 0 bridgehead atoms. The van der Waals surface area contributed by atoms with Gasteiger partial charge in [-0.1, -0.05) is 15.9 Å². The van der Waals surface area contributed by atoms with Crippen molar-refractivity contribution in [2.75, 3.05) is 6.61 Å². The maximum Gasteiger partial charge on any atom is 0.312 e. The molecule has 1 rings (SSSR count). The van der Waals surface area contributed by atoms with Crippen LogP contribution in [0.4, 0.5) is 5.69 Å². The average molecular weight is 318 g/mol. The Morgan fingerprint density at radius 1 is 1.56 bits per heavy atom. The number of nitro benzene ring substituents is 1. The van der Waals surface area contributed by atoms with E-state index in [0.717, 1.165) is 0 Å². The fraction of sp³-hybridized carbons (Fsp3) is 0.364. The van der Waals surface area contributed by atoms with Crippen molar-refractivity contribution in [1.29, 1.82) is 0 Å². The first-order chi connectivity index (χ1) is 8.24. The van der Waals surface area contributed by atoms with Gasteiger partial charge in [-0.15, -0.1) is 0 Å². The van der Waals surface area contributed by atoms with Crippen molar-refractivity contribution >= 4 is 27.6 Å². The van der Waals surface area contributed by atoms with Crippen molar-refractivity contribution < 1.29 is 19.6 Å². The summed E-state index contributed by atoms with van der Waals surface area (Å²) in [5.74, 6) is -0.972. The van der Waals surface area contributed by atoms with Crippen LogP contribution in [0.2, 0.25) is 0 Å². The molecule has 0 aliphatic carbocycles. The fourth-order valence-corrected chi connectivity index (χ4v) is 1.42. The first-order valence-electron chi connectivity index (χ1n) is 5.04. The highest BCUT2D eigenvalue weighted by Crippen LogP contribution is 2.31. The van der Waals surface area contributed by atoms with Crippen LogP contribution in [0.25, 0.3) is 0 Å². The Labute approximate surface area is 112 Å². The van der Waals surface area contributed by atoms with Crippen molar-refractivity contribution in [1.82, 2.24) is 0 Å². The topological polar surface area (TPSA) is 89.7 Å². The van der Waals surface area contributed by atoms with Gasteiger partial charge < -0.3 is 9.84 Å². The Morgan fingerprint density at radius 2 is 2.17 bits per heavy atom. The summed E-state index contributed by atoms with van der Waals surface area (Å²) >= 11 is 3.12. The second-order valence-corrected chi connectivity index (χ2v) is 5.26. The standard InChI is InChI=1S/C11H12BrNO5/c1-11(2,10(14)15)6-18-9-4-3-7(12)5-8(9)13(16)17/h3-5H,6H2,1-2H3,(H,14,15). The number of nitrogens with zero attached hydrogens (tertiary/aromatic N) is 1. The fourth-order valence-electron chi connectivity index (χ4n) is 1.08. The van der Waals surface area contributed by atoms with Gasteiger partial charge in [0, 0.05) is 10.5 Å². The van der Waals surface area contributed by atoms with Crippen LogP contribution in [0.1, 0.15) is 13.8 Å². The van der Waals surface area contributed by atoms with E-state index in [2.05, 4.69) is 15.9 Å². The number of aliphatic carboxylic acids is 1. The molecule has 1 aromatic carbocycles. The van der Waals surface area contributed by atoms with Gasteiger partial charge in [-0.2, -0.15) is 0 Å². The number of carboxylic acids is 1. The van der Waals surface area contributed by atoms with Gasteiger partial charge in [-0.3, -0.25) is 14.9 Å². The van der Waals surface area contributed by atoms with Crippen molar-refractivity contribution in [3.05, 3.63) is 32.8 Å². The Hall–Kier alpha value is -1.63. The predicted octanol–water partition coefficient (Wildman–Crippen LogP) is 2.85. The van der Waals surface area contributed by atoms with E-state index in [1.54, 1.807) is 6.07 Å². The molecule has 18 heavy (non-hydrogen) atoms. The monoisotopic (exact) mass is 317 g/mol. The summed E-state index contributed by atoms with van der Waals surface area (Å²) < 4.78 is 5.79. The number of ether oxygens (including phenoxy) is 1. The van der Waals surface area contributed by atoms with Gasteiger partial charge in [-0.05, 0) is 26.0 Å². The van der Waals surface area contributed by atoms with Gasteiger partial charge in [-0.25, -0.2) is 0 Å². The number of halogens is 1. The Balaban J connectivity index is 2.92. The molecule has 0 spiro atoms. The summed E-state index contributed by atoms with van der Waals surface area (Å²) in [6.07, 6.45) is 0. The second kappa shape index (κ2) is 5.34. The molecule has 0 saturated heterocycles. The molecule has 1 aromatic rings. The number of carbonyl (C=O) groups is 1. The lowest BCUT2D eigenvalue weighted by molar-refractivity contribution is -0.386. The first kappa shape index (κ1) is 14.4. The minimum atomic E-state index is -1.11. The van der Waals surface area contributed by atoms with Crippen LogP contribution in [0.5, 0.6) is 5.75 Å². The van der Waals surface area contributed by atoms with Crippen LogP contribution in [0.3, 0.4) is 0 Å². The quantitative estimate of drug-likeness (QED) is 0.666. The normalized spacial score (nSPS) is 11.1. The van der Waals surface area contributed by atoms with Crippen molar-refractivity contribution in [2.45, 2.75) is 13.8 Å². The molecule has 0 aliphatic rings. The Kier molecular flexibility index (Phi) is 4.28. The van der Waals surface area contributed by atoms with Crippen molar-refractivity contribution in [3.8, 4) is 5.75 Å². The highest BCUT2D eigenvalue weighted by molar-refractivity contribution is 9.10. The molecule has 7 heteroatoms. The highest BCUT2D eigenvalue weighted by atomic mass is 79.9. The Morgan fingerprint density at radius 3 is 2.67 bits per heavy atom. The van der Waals surface area contributed by atoms with E-state index in [9.17, 15) is 14.9 Å². The lowest BCUT2D eigenvalue weighted by Gasteiger charge is -2.19. The summed E-state index contributed by atoms with van der Waals surface area (Å²) in [5.41, 5.74) is -1.31. The van der Waals surface area contributed by atoms with Gasteiger partial charge in [0.15, 0.2) is 5.75 Å². The van der Waals surface area contributed by atoms with E-state index < -0.39 is 16.3 Å². The van der Waals surface area contributed by atoms with Crippen LogP contribution >= 0.6 is 15.9 Å². The molecule has 0 aliphatic heterocycles. The summed E-state index contributed by atoms with van der Waals surface area (Å²) in [6.45, 7) is 2.82. The average Bonchev–Trinajstić information content (AvgIpc) is 2.27. The molecule has 0 heterocycles. The van der Waals surface area contributed by atoms with Crippen LogP contribution in [-0.4, -0.2) is 22.6 Å². The molecule has 0 saturated carbocycles. The van der Waals surface area contributed by atoms with Crippen molar-refractivity contribution in [3.63, 3.8) is 0 Å². The maximum atomic E-state index is 10.9. The molecule has 1 N–H and O–H groups in total. The van der Waals surface area contributed by atoms with Gasteiger partial charge in [0.1, 0.15) is 6.61 Å². The maximum absolute atomic E-state index is 10.9. The molecular formula is C11H12BrNO5. The van der Waals surface area contributed by atoms with E-state index in [1.165, 1.54) is 26.0 Å². The highest BCUT2D eigenvalue weighted by Gasteiger charge is 2.29. The second-order valence-electron chi connectivity index (χ2n) is 4.35. The minimum absolute atomic E-state index is 0.0533. The van der Waals surface area contributed by atoms with E-state index in [0.29, 0.717) is 4.47 Å². The largest absolute Gasteiger partial charge is 0.486 e. The molecule has 0 amide bonds. The van der Waals surface area contributed by atoms with Crippen LogP contribution in [0, 0.1) is 15.5 Å². The summed E-state index contributed by atoms with van der Waals surface area (Å²) in [6, 6.07) is 4.33. The number of nitro groups is 1. The lowest BCUT2D eigenvalue weighted by atomic mass is 9.95. The van der Waals surface area contributed by atoms with E-state index in [4.69, 9.17) is 9.84 Å². The zero-order valence-corrected chi connectivity index (χ0v) is 11.4. The molecule has 0 aromatic heterocycles. The minimum Gasteiger partial charge on any atom is -0.486 e. The Bertz CT molecular complexity index is 486. The van der Waals surface area contributed by atoms with Crippen LogP contribution in [-0.2, 0) is 4.79 Å². The van der Waals surface area contributed by atoms with Crippen molar-refractivity contribution in [2.24, 2.45) is 5.41 Å². The third kappa shape index (κ3) is 3.43. The SMILES string of the molecule is CC(C)(COc1ccc(Br)cc1[N+](=O)[O-])C(=O)O. The van der Waals surface area contributed by atoms with Gasteiger partial charge in [0.2, 0.25) is 0 Å². The van der Waals surface area contributed by atoms with Crippen LogP contribution in [0.15, 0.2) is 22.7 Å².